The van der Waals surface area contributed by atoms with Gasteiger partial charge >= 0.3 is 0 Å². The van der Waals surface area contributed by atoms with E-state index in [1.54, 1.807) is 0 Å². The van der Waals surface area contributed by atoms with Crippen molar-refractivity contribution in [3.63, 3.8) is 0 Å². The van der Waals surface area contributed by atoms with Crippen LogP contribution in [0.1, 0.15) is 20.8 Å². The molecule has 0 aromatic carbocycles. The van der Waals surface area contributed by atoms with Crippen LogP contribution in [0.4, 0.5) is 0 Å². The van der Waals surface area contributed by atoms with Crippen LogP contribution < -0.4 is 16.8 Å². The van der Waals surface area contributed by atoms with E-state index in [1.165, 1.54) is 7.05 Å². The first-order valence-corrected chi connectivity index (χ1v) is 3.99. The molecule has 0 saturated carbocycles. The maximum atomic E-state index is 8.40. The molecule has 11 heavy (non-hydrogen) atoms. The first-order valence-electron chi connectivity index (χ1n) is 3.99. The number of hydrogen-bond donors (Lipinski definition) is 4. The molecule has 4 heteroatoms. The maximum absolute atomic E-state index is 8.40. The Balaban J connectivity index is -0.000000138. The second kappa shape index (κ2) is 22.5. The van der Waals surface area contributed by atoms with Gasteiger partial charge in [-0.3, -0.25) is 0 Å². The summed E-state index contributed by atoms with van der Waals surface area (Å²) in [5.41, 5.74) is 9.47. The normalized spacial score (nSPS) is 10.1. The summed E-state index contributed by atoms with van der Waals surface area (Å²) in [6, 6.07) is 0. The van der Waals surface area contributed by atoms with Crippen LogP contribution >= 0.6 is 0 Å². The summed E-state index contributed by atoms with van der Waals surface area (Å²) in [6.45, 7) is 7.30. The van der Waals surface area contributed by atoms with Crippen LogP contribution in [0.25, 0.3) is 0 Å². The molecule has 0 bridgehead atoms. The van der Waals surface area contributed by atoms with Crippen molar-refractivity contribution in [2.45, 2.75) is 27.0 Å². The highest BCUT2D eigenvalue weighted by molar-refractivity contribution is 4.46. The highest BCUT2D eigenvalue weighted by Gasteiger charge is 1.88. The molecule has 0 rings (SSSR count). The molecule has 0 saturated heterocycles. The largest absolute Gasteiger partial charge is 0.377 e. The number of nitrogens with one attached hydrogen (secondary N) is 1. The highest BCUT2D eigenvalue weighted by Crippen LogP contribution is 1.61. The van der Waals surface area contributed by atoms with Crippen LogP contribution in [0.15, 0.2) is 0 Å². The van der Waals surface area contributed by atoms with Crippen LogP contribution in [0.5, 0.6) is 0 Å². The Kier molecular flexibility index (Phi) is 35.0. The number of aliphatic hydroxyl groups is 1. The zero-order chi connectivity index (χ0) is 9.70. The third kappa shape index (κ3) is 41.0. The predicted molar refractivity (Wildman–Crippen MR) is 50.2 cm³/mol. The minimum atomic E-state index is -0.708. The minimum absolute atomic E-state index is 0.483. The Labute approximate surface area is 70.0 Å². The molecule has 0 amide bonds. The van der Waals surface area contributed by atoms with Crippen molar-refractivity contribution in [3.8, 4) is 0 Å². The molecule has 6 N–H and O–H groups in total. The second-order valence-corrected chi connectivity index (χ2v) is 1.38. The summed E-state index contributed by atoms with van der Waals surface area (Å²) in [4.78, 5) is 0. The van der Waals surface area contributed by atoms with E-state index < -0.39 is 6.23 Å². The quantitative estimate of drug-likeness (QED) is 0.424. The molecule has 0 aliphatic rings. The van der Waals surface area contributed by atoms with Gasteiger partial charge in [-0.15, -0.1) is 0 Å². The molecule has 1 unspecified atom stereocenters. The number of likely N-dealkylation sites (N-methyl/N-ethyl adjacent to an activating group) is 1. The van der Waals surface area contributed by atoms with Crippen molar-refractivity contribution in [2.24, 2.45) is 11.5 Å². The van der Waals surface area contributed by atoms with Gasteiger partial charge in [0.2, 0.25) is 0 Å². The third-order valence-electron chi connectivity index (χ3n) is 0.603. The van der Waals surface area contributed by atoms with Crippen LogP contribution in [0, 0.1) is 0 Å². The highest BCUT2D eigenvalue weighted by atomic mass is 16.3. The van der Waals surface area contributed by atoms with Gasteiger partial charge in [-0.25, -0.2) is 0 Å². The van der Waals surface area contributed by atoms with Crippen molar-refractivity contribution < 1.29 is 5.11 Å². The Morgan fingerprint density at radius 3 is 1.82 bits per heavy atom. The standard InChI is InChI=1S/C4H12N2O.C2H6.CH5N/c1-2-6-3-4(5)7;2*1-2/h4,6-7H,2-3,5H2,1H3;1-2H3;2H2,1H3. The van der Waals surface area contributed by atoms with Crippen LogP contribution in [-0.2, 0) is 0 Å². The van der Waals surface area contributed by atoms with E-state index in [-0.39, 0.29) is 0 Å². The molecule has 0 heterocycles. The van der Waals surface area contributed by atoms with Crippen LogP contribution in [-0.4, -0.2) is 31.5 Å². The molecule has 1 atom stereocenters. The fourth-order valence-corrected chi connectivity index (χ4v) is 0.292. The zero-order valence-electron chi connectivity index (χ0n) is 8.09. The Morgan fingerprint density at radius 1 is 1.36 bits per heavy atom. The van der Waals surface area contributed by atoms with Gasteiger partial charge in [0, 0.05) is 6.54 Å². The molecule has 0 aliphatic heterocycles. The summed E-state index contributed by atoms with van der Waals surface area (Å²) in [7, 11) is 1.50. The van der Waals surface area contributed by atoms with Gasteiger partial charge < -0.3 is 21.9 Å². The SMILES string of the molecule is CC.CCNCC(N)O.CN. The van der Waals surface area contributed by atoms with Gasteiger partial charge in [0.15, 0.2) is 0 Å². The number of aliphatic hydroxyl groups excluding tert-OH is 1. The average Bonchev–Trinajstić information content (AvgIpc) is 2.08. The second-order valence-electron chi connectivity index (χ2n) is 1.38. The van der Waals surface area contributed by atoms with E-state index in [1.807, 2.05) is 20.8 Å². The maximum Gasteiger partial charge on any atom is 0.115 e. The smallest absolute Gasteiger partial charge is 0.115 e. The molecular weight excluding hydrogens is 142 g/mol. The van der Waals surface area contributed by atoms with E-state index >= 15 is 0 Å². The van der Waals surface area contributed by atoms with Gasteiger partial charge in [0.05, 0.1) is 0 Å². The summed E-state index contributed by atoms with van der Waals surface area (Å²) in [6.07, 6.45) is -0.708. The first-order chi connectivity index (χ1) is 5.27. The van der Waals surface area contributed by atoms with Gasteiger partial charge in [-0.1, -0.05) is 20.8 Å². The lowest BCUT2D eigenvalue weighted by atomic mass is 10.5. The molecule has 0 spiro atoms. The first kappa shape index (κ1) is 17.1. The molecule has 0 aliphatic carbocycles. The van der Waals surface area contributed by atoms with Crippen molar-refractivity contribution in [3.05, 3.63) is 0 Å². The third-order valence-corrected chi connectivity index (χ3v) is 0.603. The Morgan fingerprint density at radius 2 is 1.73 bits per heavy atom. The van der Waals surface area contributed by atoms with E-state index in [9.17, 15) is 0 Å². The Hall–Kier alpha value is -0.160. The van der Waals surface area contributed by atoms with Crippen molar-refractivity contribution in [1.82, 2.24) is 5.32 Å². The average molecular weight is 165 g/mol. The van der Waals surface area contributed by atoms with Crippen molar-refractivity contribution in [2.75, 3.05) is 20.1 Å². The molecule has 72 valence electrons. The van der Waals surface area contributed by atoms with E-state index in [2.05, 4.69) is 11.1 Å². The molecule has 0 aromatic heterocycles. The summed E-state index contributed by atoms with van der Waals surface area (Å²) in [5, 5.41) is 11.3. The van der Waals surface area contributed by atoms with Crippen molar-refractivity contribution >= 4 is 0 Å². The summed E-state index contributed by atoms with van der Waals surface area (Å²) >= 11 is 0. The van der Waals surface area contributed by atoms with Gasteiger partial charge in [0.25, 0.3) is 0 Å². The van der Waals surface area contributed by atoms with Gasteiger partial charge in [-0.05, 0) is 13.6 Å². The number of nitrogens with two attached hydrogens (primary N) is 2. The molecule has 0 aromatic rings. The van der Waals surface area contributed by atoms with E-state index in [0.717, 1.165) is 6.54 Å². The predicted octanol–water partition coefficient (Wildman–Crippen LogP) is -0.526. The lowest BCUT2D eigenvalue weighted by Crippen LogP contribution is -2.33. The monoisotopic (exact) mass is 165 g/mol. The molecule has 0 radical (unpaired) electrons. The molecule has 4 nitrogen and oxygen atoms in total. The van der Waals surface area contributed by atoms with Crippen LogP contribution in [0.3, 0.4) is 0 Å². The zero-order valence-corrected chi connectivity index (χ0v) is 8.09. The fraction of sp³-hybridized carbons (Fsp3) is 1.00. The molecule has 0 fully saturated rings. The number of rotatable bonds is 3. The van der Waals surface area contributed by atoms with Crippen LogP contribution in [0.2, 0.25) is 0 Å². The Bertz CT molecular complexity index is 42.7. The lowest BCUT2D eigenvalue weighted by Gasteiger charge is -2.01. The van der Waals surface area contributed by atoms with Gasteiger partial charge in [-0.2, -0.15) is 0 Å². The minimum Gasteiger partial charge on any atom is -0.377 e. The van der Waals surface area contributed by atoms with E-state index in [4.69, 9.17) is 10.8 Å². The van der Waals surface area contributed by atoms with Crippen molar-refractivity contribution in [1.29, 1.82) is 0 Å². The number of hydrogen-bond acceptors (Lipinski definition) is 4. The lowest BCUT2D eigenvalue weighted by molar-refractivity contribution is 0.180. The summed E-state index contributed by atoms with van der Waals surface area (Å²) in [5.74, 6) is 0. The molecular formula is C7H23N3O. The van der Waals surface area contributed by atoms with E-state index in [0.29, 0.717) is 6.54 Å². The summed E-state index contributed by atoms with van der Waals surface area (Å²) < 4.78 is 0. The topological polar surface area (TPSA) is 84.3 Å². The van der Waals surface area contributed by atoms with Gasteiger partial charge in [0.1, 0.15) is 6.23 Å². The fourth-order valence-electron chi connectivity index (χ4n) is 0.292.